The maximum absolute atomic E-state index is 11.4. The molecule has 2 aromatic rings. The molecule has 0 fully saturated rings. The first kappa shape index (κ1) is 15.0. The molecule has 0 aliphatic carbocycles. The van der Waals surface area contributed by atoms with E-state index in [1.165, 1.54) is 0 Å². The topological polar surface area (TPSA) is 94.3 Å². The van der Waals surface area contributed by atoms with Crippen LogP contribution in [0.3, 0.4) is 0 Å². The molecule has 0 unspecified atom stereocenters. The van der Waals surface area contributed by atoms with Gasteiger partial charge in [-0.05, 0) is 31.2 Å². The number of furan rings is 1. The van der Waals surface area contributed by atoms with Gasteiger partial charge in [-0.2, -0.15) is 0 Å². The van der Waals surface area contributed by atoms with Gasteiger partial charge in [0.1, 0.15) is 5.76 Å². The SMILES string of the molecule is Cc1oc(C(=O)NN)cc1CSc1cc(Br)ccc1N. The van der Waals surface area contributed by atoms with E-state index < -0.39 is 5.91 Å². The lowest BCUT2D eigenvalue weighted by Crippen LogP contribution is -2.29. The highest BCUT2D eigenvalue weighted by atomic mass is 79.9. The van der Waals surface area contributed by atoms with E-state index in [1.807, 2.05) is 30.5 Å². The summed E-state index contributed by atoms with van der Waals surface area (Å²) in [5, 5.41) is 0. The lowest BCUT2D eigenvalue weighted by Gasteiger charge is -2.05. The van der Waals surface area contributed by atoms with Crippen molar-refractivity contribution in [3.63, 3.8) is 0 Å². The summed E-state index contributed by atoms with van der Waals surface area (Å²) in [7, 11) is 0. The number of nitrogens with one attached hydrogen (secondary N) is 1. The van der Waals surface area contributed by atoms with Gasteiger partial charge in [-0.15, -0.1) is 11.8 Å². The van der Waals surface area contributed by atoms with Crippen molar-refractivity contribution < 1.29 is 9.21 Å². The van der Waals surface area contributed by atoms with E-state index in [1.54, 1.807) is 17.8 Å². The van der Waals surface area contributed by atoms with E-state index in [-0.39, 0.29) is 5.76 Å². The second-order valence-corrected chi connectivity index (χ2v) is 6.07. The lowest BCUT2D eigenvalue weighted by molar-refractivity contribution is 0.0924. The number of rotatable bonds is 4. The summed E-state index contributed by atoms with van der Waals surface area (Å²) in [6, 6.07) is 7.40. The Bertz CT molecular complexity index is 643. The zero-order chi connectivity index (χ0) is 14.7. The van der Waals surface area contributed by atoms with Gasteiger partial charge in [0, 0.05) is 26.4 Å². The molecule has 0 aliphatic heterocycles. The molecular weight excluding hydrogens is 342 g/mol. The van der Waals surface area contributed by atoms with Crippen molar-refractivity contribution in [2.45, 2.75) is 17.6 Å². The van der Waals surface area contributed by atoms with Crippen molar-refractivity contribution >= 4 is 39.3 Å². The fourth-order valence-corrected chi connectivity index (χ4v) is 3.19. The molecule has 0 bridgehead atoms. The highest BCUT2D eigenvalue weighted by Gasteiger charge is 2.14. The Morgan fingerprint density at radius 1 is 1.45 bits per heavy atom. The van der Waals surface area contributed by atoms with Crippen LogP contribution in [-0.4, -0.2) is 5.91 Å². The molecule has 0 saturated carbocycles. The maximum Gasteiger partial charge on any atom is 0.300 e. The van der Waals surface area contributed by atoms with Crippen LogP contribution in [0.2, 0.25) is 0 Å². The second kappa shape index (κ2) is 6.34. The number of nitrogens with two attached hydrogens (primary N) is 2. The van der Waals surface area contributed by atoms with Crippen LogP contribution in [0.25, 0.3) is 0 Å². The Hall–Kier alpha value is -1.44. The summed E-state index contributed by atoms with van der Waals surface area (Å²) in [5.41, 5.74) is 9.63. The molecule has 5 N–H and O–H groups in total. The van der Waals surface area contributed by atoms with Crippen molar-refractivity contribution in [3.05, 3.63) is 45.8 Å². The molecule has 0 radical (unpaired) electrons. The van der Waals surface area contributed by atoms with E-state index in [0.717, 1.165) is 20.6 Å². The van der Waals surface area contributed by atoms with Crippen LogP contribution in [-0.2, 0) is 5.75 Å². The Morgan fingerprint density at radius 3 is 2.90 bits per heavy atom. The predicted molar refractivity (Wildman–Crippen MR) is 83.2 cm³/mol. The number of carbonyl (C=O) groups excluding carboxylic acids is 1. The first-order chi connectivity index (χ1) is 9.51. The van der Waals surface area contributed by atoms with Gasteiger partial charge in [-0.25, -0.2) is 5.84 Å². The van der Waals surface area contributed by atoms with Gasteiger partial charge in [0.2, 0.25) is 0 Å². The molecule has 0 atom stereocenters. The van der Waals surface area contributed by atoms with Crippen LogP contribution in [0.1, 0.15) is 21.9 Å². The van der Waals surface area contributed by atoms with E-state index >= 15 is 0 Å². The van der Waals surface area contributed by atoms with Crippen LogP contribution in [0, 0.1) is 6.92 Å². The third-order valence-electron chi connectivity index (χ3n) is 2.73. The molecule has 7 heteroatoms. The number of carbonyl (C=O) groups is 1. The number of benzene rings is 1. The summed E-state index contributed by atoms with van der Waals surface area (Å²) in [4.78, 5) is 12.4. The normalized spacial score (nSPS) is 10.6. The van der Waals surface area contributed by atoms with E-state index in [4.69, 9.17) is 16.0 Å². The van der Waals surface area contributed by atoms with Crippen molar-refractivity contribution in [1.82, 2.24) is 5.43 Å². The molecule has 2 rings (SSSR count). The third kappa shape index (κ3) is 3.36. The van der Waals surface area contributed by atoms with Gasteiger partial charge < -0.3 is 10.2 Å². The van der Waals surface area contributed by atoms with Crippen molar-refractivity contribution in [3.8, 4) is 0 Å². The van der Waals surface area contributed by atoms with Gasteiger partial charge in [-0.1, -0.05) is 15.9 Å². The van der Waals surface area contributed by atoms with Gasteiger partial charge in [0.05, 0.1) is 0 Å². The molecular formula is C13H14BrN3O2S. The van der Waals surface area contributed by atoms with Gasteiger partial charge in [0.15, 0.2) is 5.76 Å². The first-order valence-electron chi connectivity index (χ1n) is 5.79. The number of hydrogen-bond acceptors (Lipinski definition) is 5. The Morgan fingerprint density at radius 2 is 2.20 bits per heavy atom. The highest BCUT2D eigenvalue weighted by molar-refractivity contribution is 9.10. The first-order valence-corrected chi connectivity index (χ1v) is 7.57. The number of hydrogen-bond donors (Lipinski definition) is 3. The Balaban J connectivity index is 2.13. The minimum absolute atomic E-state index is 0.211. The van der Waals surface area contributed by atoms with Crippen LogP contribution >= 0.6 is 27.7 Å². The van der Waals surface area contributed by atoms with E-state index in [9.17, 15) is 4.79 Å². The van der Waals surface area contributed by atoms with Crippen molar-refractivity contribution in [1.29, 1.82) is 0 Å². The average Bonchev–Trinajstić information content (AvgIpc) is 2.80. The summed E-state index contributed by atoms with van der Waals surface area (Å²) in [6.45, 7) is 1.81. The quantitative estimate of drug-likeness (QED) is 0.257. The lowest BCUT2D eigenvalue weighted by atomic mass is 10.3. The van der Waals surface area contributed by atoms with Crippen LogP contribution in [0.5, 0.6) is 0 Å². The molecule has 5 nitrogen and oxygen atoms in total. The number of amides is 1. The van der Waals surface area contributed by atoms with E-state index in [0.29, 0.717) is 11.5 Å². The molecule has 20 heavy (non-hydrogen) atoms. The summed E-state index contributed by atoms with van der Waals surface area (Å²) < 4.78 is 6.34. The number of hydrazine groups is 1. The van der Waals surface area contributed by atoms with Gasteiger partial charge in [0.25, 0.3) is 0 Å². The minimum atomic E-state index is -0.439. The zero-order valence-electron chi connectivity index (χ0n) is 10.8. The standard InChI is InChI=1S/C13H14BrN3O2S/c1-7-8(4-11(19-7)13(18)17-16)6-20-12-5-9(14)2-3-10(12)15/h2-5H,6,15-16H2,1H3,(H,17,18). The number of anilines is 1. The molecule has 0 saturated heterocycles. The van der Waals surface area contributed by atoms with Crippen LogP contribution < -0.4 is 17.0 Å². The smallest absolute Gasteiger partial charge is 0.300 e. The number of halogens is 1. The highest BCUT2D eigenvalue weighted by Crippen LogP contribution is 2.32. The third-order valence-corrected chi connectivity index (χ3v) is 4.35. The Labute approximate surface area is 129 Å². The van der Waals surface area contributed by atoms with Crippen LogP contribution in [0.4, 0.5) is 5.69 Å². The average molecular weight is 356 g/mol. The van der Waals surface area contributed by atoms with E-state index in [2.05, 4.69) is 15.9 Å². The zero-order valence-corrected chi connectivity index (χ0v) is 13.2. The largest absolute Gasteiger partial charge is 0.456 e. The van der Waals surface area contributed by atoms with Crippen molar-refractivity contribution in [2.24, 2.45) is 5.84 Å². The summed E-state index contributed by atoms with van der Waals surface area (Å²) in [6.07, 6.45) is 0. The molecule has 1 amide bonds. The fraction of sp³-hybridized carbons (Fsp3) is 0.154. The predicted octanol–water partition coefficient (Wildman–Crippen LogP) is 2.83. The number of nitrogen functional groups attached to an aromatic ring is 2. The van der Waals surface area contributed by atoms with Gasteiger partial charge >= 0.3 is 5.91 Å². The number of aryl methyl sites for hydroxylation is 1. The number of thioether (sulfide) groups is 1. The molecule has 1 aromatic heterocycles. The maximum atomic E-state index is 11.4. The van der Waals surface area contributed by atoms with Gasteiger partial charge in [-0.3, -0.25) is 10.2 Å². The Kier molecular flexibility index (Phi) is 4.74. The monoisotopic (exact) mass is 355 g/mol. The molecule has 0 aliphatic rings. The molecule has 0 spiro atoms. The molecule has 1 heterocycles. The van der Waals surface area contributed by atoms with Crippen LogP contribution in [0.15, 0.2) is 38.1 Å². The van der Waals surface area contributed by atoms with Crippen molar-refractivity contribution in [2.75, 3.05) is 5.73 Å². The molecule has 106 valence electrons. The minimum Gasteiger partial charge on any atom is -0.456 e. The summed E-state index contributed by atoms with van der Waals surface area (Å²) in [5.74, 6) is 6.21. The second-order valence-electron chi connectivity index (χ2n) is 4.14. The fourth-order valence-electron chi connectivity index (χ4n) is 1.63. The molecule has 1 aromatic carbocycles. The summed E-state index contributed by atoms with van der Waals surface area (Å²) >= 11 is 5.00.